The molecule has 0 aliphatic rings. The predicted octanol–water partition coefficient (Wildman–Crippen LogP) is -1.09. The number of hydrogen-bond donors (Lipinski definition) is 3. The molecule has 0 aromatic carbocycles. The van der Waals surface area contributed by atoms with Gasteiger partial charge in [0.15, 0.2) is 0 Å². The number of amides is 2. The van der Waals surface area contributed by atoms with Gasteiger partial charge in [0, 0.05) is 13.2 Å². The number of hydrazine groups is 1. The zero-order chi connectivity index (χ0) is 11.0. The lowest BCUT2D eigenvalue weighted by atomic mass is 10.4. The van der Waals surface area contributed by atoms with Crippen molar-refractivity contribution in [2.75, 3.05) is 13.2 Å². The molecule has 4 N–H and O–H groups in total. The summed E-state index contributed by atoms with van der Waals surface area (Å²) in [7, 11) is 0. The van der Waals surface area contributed by atoms with E-state index in [1.54, 1.807) is 5.43 Å². The Hall–Kier alpha value is -1.14. The first-order valence-corrected chi connectivity index (χ1v) is 4.48. The van der Waals surface area contributed by atoms with Crippen molar-refractivity contribution in [2.45, 2.75) is 26.4 Å². The largest absolute Gasteiger partial charge is 0.379 e. The molecule has 0 rings (SSSR count). The Morgan fingerprint density at radius 3 is 2.50 bits per heavy atom. The molecule has 6 heteroatoms. The standard InChI is InChI=1S/C8H17N3O3/c1-6(2)14-5-3-4-10-7(12)8(13)11-9/h6H,3-5,9H2,1-2H3,(H,10,12)(H,11,13). The van der Waals surface area contributed by atoms with E-state index < -0.39 is 11.8 Å². The fourth-order valence-electron chi connectivity index (χ4n) is 0.739. The Morgan fingerprint density at radius 2 is 2.00 bits per heavy atom. The SMILES string of the molecule is CC(C)OCCCNC(=O)C(=O)NN. The summed E-state index contributed by atoms with van der Waals surface area (Å²) in [5.74, 6) is 3.19. The van der Waals surface area contributed by atoms with E-state index in [0.717, 1.165) is 0 Å². The summed E-state index contributed by atoms with van der Waals surface area (Å²) in [5, 5.41) is 2.40. The van der Waals surface area contributed by atoms with Gasteiger partial charge in [0.2, 0.25) is 0 Å². The maximum Gasteiger partial charge on any atom is 0.323 e. The molecule has 0 unspecified atom stereocenters. The summed E-state index contributed by atoms with van der Waals surface area (Å²) in [5.41, 5.74) is 1.74. The molecule has 82 valence electrons. The molecule has 0 saturated heterocycles. The van der Waals surface area contributed by atoms with Crippen LogP contribution >= 0.6 is 0 Å². The average Bonchev–Trinajstić information content (AvgIpc) is 2.15. The molecule has 14 heavy (non-hydrogen) atoms. The number of hydrogen-bond acceptors (Lipinski definition) is 4. The fraction of sp³-hybridized carbons (Fsp3) is 0.750. The lowest BCUT2D eigenvalue weighted by Crippen LogP contribution is -2.43. The number of carbonyl (C=O) groups excluding carboxylic acids is 2. The first-order chi connectivity index (χ1) is 6.57. The Balaban J connectivity index is 3.36. The summed E-state index contributed by atoms with van der Waals surface area (Å²) in [4.78, 5) is 21.4. The van der Waals surface area contributed by atoms with E-state index in [1.165, 1.54) is 0 Å². The minimum absolute atomic E-state index is 0.179. The van der Waals surface area contributed by atoms with Crippen molar-refractivity contribution in [3.63, 3.8) is 0 Å². The third-order valence-electron chi connectivity index (χ3n) is 1.40. The number of nitrogens with one attached hydrogen (secondary N) is 2. The molecule has 0 aliphatic heterocycles. The molecule has 0 aromatic rings. The van der Waals surface area contributed by atoms with Gasteiger partial charge < -0.3 is 10.1 Å². The van der Waals surface area contributed by atoms with Crippen LogP contribution in [0.4, 0.5) is 0 Å². The molecule has 0 aliphatic carbocycles. The summed E-state index contributed by atoms with van der Waals surface area (Å²) < 4.78 is 5.23. The van der Waals surface area contributed by atoms with Gasteiger partial charge in [-0.1, -0.05) is 0 Å². The third-order valence-corrected chi connectivity index (χ3v) is 1.40. The van der Waals surface area contributed by atoms with Crippen molar-refractivity contribution in [3.8, 4) is 0 Å². The lowest BCUT2D eigenvalue weighted by molar-refractivity contribution is -0.139. The van der Waals surface area contributed by atoms with Crippen molar-refractivity contribution < 1.29 is 14.3 Å². The Bertz CT molecular complexity index is 194. The quantitative estimate of drug-likeness (QED) is 0.174. The van der Waals surface area contributed by atoms with Gasteiger partial charge in [0.1, 0.15) is 0 Å². The van der Waals surface area contributed by atoms with Gasteiger partial charge in [-0.3, -0.25) is 15.0 Å². The van der Waals surface area contributed by atoms with Gasteiger partial charge in [-0.15, -0.1) is 0 Å². The molecule has 0 radical (unpaired) electrons. The smallest absolute Gasteiger partial charge is 0.323 e. The van der Waals surface area contributed by atoms with Crippen molar-refractivity contribution in [1.82, 2.24) is 10.7 Å². The van der Waals surface area contributed by atoms with Crippen LogP contribution in [-0.2, 0) is 14.3 Å². The molecular formula is C8H17N3O3. The molecule has 0 spiro atoms. The highest BCUT2D eigenvalue weighted by Crippen LogP contribution is 1.88. The molecule has 0 aromatic heterocycles. The van der Waals surface area contributed by atoms with Crippen molar-refractivity contribution in [2.24, 2.45) is 5.84 Å². The molecule has 0 saturated carbocycles. The number of ether oxygens (including phenoxy) is 1. The zero-order valence-electron chi connectivity index (χ0n) is 8.50. The third kappa shape index (κ3) is 6.38. The van der Waals surface area contributed by atoms with Crippen LogP contribution in [0.1, 0.15) is 20.3 Å². The molecule has 0 heterocycles. The Morgan fingerprint density at radius 1 is 1.36 bits per heavy atom. The van der Waals surface area contributed by atoms with E-state index in [-0.39, 0.29) is 6.10 Å². The van der Waals surface area contributed by atoms with Gasteiger partial charge >= 0.3 is 11.8 Å². The topological polar surface area (TPSA) is 93.4 Å². The van der Waals surface area contributed by atoms with Crippen LogP contribution in [-0.4, -0.2) is 31.1 Å². The van der Waals surface area contributed by atoms with E-state index in [0.29, 0.717) is 19.6 Å². The van der Waals surface area contributed by atoms with Crippen LogP contribution in [0.5, 0.6) is 0 Å². The normalized spacial score (nSPS) is 10.0. The van der Waals surface area contributed by atoms with E-state index in [1.807, 2.05) is 13.8 Å². The molecule has 2 amide bonds. The van der Waals surface area contributed by atoms with Crippen molar-refractivity contribution in [1.29, 1.82) is 0 Å². The van der Waals surface area contributed by atoms with Gasteiger partial charge in [-0.2, -0.15) is 0 Å². The number of carbonyl (C=O) groups is 2. The second kappa shape index (κ2) is 7.28. The van der Waals surface area contributed by atoms with Crippen LogP contribution in [0.3, 0.4) is 0 Å². The van der Waals surface area contributed by atoms with Crippen LogP contribution in [0.15, 0.2) is 0 Å². The summed E-state index contributed by atoms with van der Waals surface area (Å²) in [6.07, 6.45) is 0.847. The number of nitrogens with two attached hydrogens (primary N) is 1. The predicted molar refractivity (Wildman–Crippen MR) is 51.0 cm³/mol. The van der Waals surface area contributed by atoms with Gasteiger partial charge in [-0.25, -0.2) is 5.84 Å². The molecule has 0 fully saturated rings. The minimum Gasteiger partial charge on any atom is -0.379 e. The minimum atomic E-state index is -0.838. The monoisotopic (exact) mass is 203 g/mol. The van der Waals surface area contributed by atoms with Gasteiger partial charge in [-0.05, 0) is 20.3 Å². The summed E-state index contributed by atoms with van der Waals surface area (Å²) in [6, 6.07) is 0. The van der Waals surface area contributed by atoms with Crippen molar-refractivity contribution >= 4 is 11.8 Å². The molecule has 6 nitrogen and oxygen atoms in total. The second-order valence-electron chi connectivity index (χ2n) is 3.00. The van der Waals surface area contributed by atoms with E-state index in [4.69, 9.17) is 10.6 Å². The van der Waals surface area contributed by atoms with Crippen LogP contribution in [0.2, 0.25) is 0 Å². The lowest BCUT2D eigenvalue weighted by Gasteiger charge is -2.07. The van der Waals surface area contributed by atoms with Crippen LogP contribution in [0, 0.1) is 0 Å². The van der Waals surface area contributed by atoms with E-state index >= 15 is 0 Å². The van der Waals surface area contributed by atoms with E-state index in [2.05, 4.69) is 5.32 Å². The second-order valence-corrected chi connectivity index (χ2v) is 3.00. The van der Waals surface area contributed by atoms with E-state index in [9.17, 15) is 9.59 Å². The van der Waals surface area contributed by atoms with Crippen LogP contribution < -0.4 is 16.6 Å². The van der Waals surface area contributed by atoms with Crippen molar-refractivity contribution in [3.05, 3.63) is 0 Å². The number of rotatable bonds is 5. The average molecular weight is 203 g/mol. The van der Waals surface area contributed by atoms with Gasteiger partial charge in [0.05, 0.1) is 6.10 Å². The highest BCUT2D eigenvalue weighted by Gasteiger charge is 2.09. The zero-order valence-corrected chi connectivity index (χ0v) is 8.50. The highest BCUT2D eigenvalue weighted by molar-refractivity contribution is 6.34. The Labute approximate surface area is 83.1 Å². The highest BCUT2D eigenvalue weighted by atomic mass is 16.5. The summed E-state index contributed by atoms with van der Waals surface area (Å²) in [6.45, 7) is 4.82. The van der Waals surface area contributed by atoms with Gasteiger partial charge in [0.25, 0.3) is 0 Å². The fourth-order valence-corrected chi connectivity index (χ4v) is 0.739. The molecule has 0 atom stereocenters. The Kier molecular flexibility index (Phi) is 6.69. The summed E-state index contributed by atoms with van der Waals surface area (Å²) >= 11 is 0. The molecular weight excluding hydrogens is 186 g/mol. The maximum atomic E-state index is 10.8. The first-order valence-electron chi connectivity index (χ1n) is 4.48. The molecule has 0 bridgehead atoms. The maximum absolute atomic E-state index is 10.8. The first kappa shape index (κ1) is 12.9. The van der Waals surface area contributed by atoms with Crippen LogP contribution in [0.25, 0.3) is 0 Å².